The van der Waals surface area contributed by atoms with E-state index in [1.807, 2.05) is 22.6 Å². The van der Waals surface area contributed by atoms with E-state index < -0.39 is 38.6 Å². The highest BCUT2D eigenvalue weighted by atomic mass is 127. The summed E-state index contributed by atoms with van der Waals surface area (Å²) in [5.41, 5.74) is -3.88. The van der Waals surface area contributed by atoms with Gasteiger partial charge in [0.15, 0.2) is 5.69 Å². The predicted molar refractivity (Wildman–Crippen MR) is 87.2 cm³/mol. The Balaban J connectivity index is 2.65. The molecule has 0 heterocycles. The molecule has 0 spiro atoms. The second-order valence-electron chi connectivity index (χ2n) is 4.53. The molecular formula is C13H7F3IN3O4. The highest BCUT2D eigenvalue weighted by Crippen LogP contribution is 2.42. The molecule has 24 heavy (non-hydrogen) atoms. The minimum absolute atomic E-state index is 0.265. The SMILES string of the molecule is O=[N+]([O-])c1cc(C(F)(F)F)cc([N+](=O)[O-])c1Nc1ccc(I)cc1. The van der Waals surface area contributed by atoms with Crippen molar-refractivity contribution in [1.29, 1.82) is 0 Å². The molecule has 1 N–H and O–H groups in total. The van der Waals surface area contributed by atoms with Crippen LogP contribution in [0.2, 0.25) is 0 Å². The van der Waals surface area contributed by atoms with Gasteiger partial charge in [-0.05, 0) is 46.9 Å². The number of hydrogen-bond donors (Lipinski definition) is 1. The lowest BCUT2D eigenvalue weighted by atomic mass is 10.1. The minimum atomic E-state index is -4.95. The van der Waals surface area contributed by atoms with Crippen molar-refractivity contribution >= 4 is 45.3 Å². The molecule has 0 amide bonds. The third-order valence-corrected chi connectivity index (χ3v) is 3.65. The molecule has 0 bridgehead atoms. The first-order chi connectivity index (χ1) is 11.1. The van der Waals surface area contributed by atoms with Crippen LogP contribution in [-0.2, 0) is 6.18 Å². The molecule has 0 aliphatic rings. The van der Waals surface area contributed by atoms with Crippen LogP contribution < -0.4 is 5.32 Å². The van der Waals surface area contributed by atoms with Gasteiger partial charge in [0, 0.05) is 21.4 Å². The number of halogens is 4. The van der Waals surface area contributed by atoms with Crippen LogP contribution in [0.25, 0.3) is 0 Å². The third-order valence-electron chi connectivity index (χ3n) is 2.93. The molecule has 2 aromatic carbocycles. The number of nitrogens with one attached hydrogen (secondary N) is 1. The van der Waals surface area contributed by atoms with Gasteiger partial charge in [0.2, 0.25) is 0 Å². The van der Waals surface area contributed by atoms with E-state index in [-0.39, 0.29) is 17.8 Å². The van der Waals surface area contributed by atoms with Crippen molar-refractivity contribution in [3.8, 4) is 0 Å². The molecule has 2 rings (SSSR count). The average Bonchev–Trinajstić information content (AvgIpc) is 2.48. The van der Waals surface area contributed by atoms with Crippen molar-refractivity contribution < 1.29 is 23.0 Å². The van der Waals surface area contributed by atoms with Crippen LogP contribution >= 0.6 is 22.6 Å². The summed E-state index contributed by atoms with van der Waals surface area (Å²) in [6.45, 7) is 0. The molecule has 126 valence electrons. The maximum atomic E-state index is 12.8. The molecule has 0 radical (unpaired) electrons. The first-order valence-corrected chi connectivity index (χ1v) is 7.24. The van der Waals surface area contributed by atoms with Crippen LogP contribution in [0.4, 0.5) is 35.9 Å². The summed E-state index contributed by atoms with van der Waals surface area (Å²) in [5.74, 6) is 0. The molecule has 0 aromatic heterocycles. The van der Waals surface area contributed by atoms with Crippen LogP contribution in [-0.4, -0.2) is 9.85 Å². The van der Waals surface area contributed by atoms with E-state index >= 15 is 0 Å². The van der Waals surface area contributed by atoms with E-state index in [1.165, 1.54) is 12.1 Å². The number of nitro benzene ring substituents is 2. The number of hydrogen-bond acceptors (Lipinski definition) is 5. The molecule has 0 fully saturated rings. The predicted octanol–water partition coefficient (Wildman–Crippen LogP) is 4.87. The van der Waals surface area contributed by atoms with Gasteiger partial charge in [-0.15, -0.1) is 0 Å². The van der Waals surface area contributed by atoms with E-state index in [2.05, 4.69) is 5.32 Å². The van der Waals surface area contributed by atoms with Gasteiger partial charge in [0.25, 0.3) is 11.4 Å². The summed E-state index contributed by atoms with van der Waals surface area (Å²) in [6, 6.07) is 6.78. The first-order valence-electron chi connectivity index (χ1n) is 6.16. The van der Waals surface area contributed by atoms with Crippen LogP contribution in [0.1, 0.15) is 5.56 Å². The van der Waals surface area contributed by atoms with Gasteiger partial charge in [-0.1, -0.05) is 0 Å². The fourth-order valence-electron chi connectivity index (χ4n) is 1.87. The smallest absolute Gasteiger partial charge is 0.344 e. The zero-order valence-electron chi connectivity index (χ0n) is 11.5. The van der Waals surface area contributed by atoms with Gasteiger partial charge in [-0.25, -0.2) is 0 Å². The van der Waals surface area contributed by atoms with Crippen molar-refractivity contribution in [3.05, 3.63) is 65.8 Å². The number of anilines is 2. The van der Waals surface area contributed by atoms with Crippen molar-refractivity contribution in [3.63, 3.8) is 0 Å². The third kappa shape index (κ3) is 3.90. The zero-order valence-corrected chi connectivity index (χ0v) is 13.7. The lowest BCUT2D eigenvalue weighted by Gasteiger charge is -2.11. The van der Waals surface area contributed by atoms with Gasteiger partial charge in [0.1, 0.15) is 0 Å². The first kappa shape index (κ1) is 17.9. The number of rotatable bonds is 4. The van der Waals surface area contributed by atoms with Crippen LogP contribution in [0, 0.1) is 23.8 Å². The van der Waals surface area contributed by atoms with Gasteiger partial charge in [-0.2, -0.15) is 13.2 Å². The molecule has 7 nitrogen and oxygen atoms in total. The molecule has 0 saturated heterocycles. The van der Waals surface area contributed by atoms with E-state index in [9.17, 15) is 33.4 Å². The Morgan fingerprint density at radius 2 is 1.42 bits per heavy atom. The van der Waals surface area contributed by atoms with Crippen molar-refractivity contribution in [1.82, 2.24) is 0 Å². The lowest BCUT2D eigenvalue weighted by Crippen LogP contribution is -2.09. The summed E-state index contributed by atoms with van der Waals surface area (Å²) < 4.78 is 39.3. The topological polar surface area (TPSA) is 98.3 Å². The minimum Gasteiger partial charge on any atom is -0.344 e. The Morgan fingerprint density at radius 3 is 1.79 bits per heavy atom. The van der Waals surface area contributed by atoms with Crippen molar-refractivity contribution in [2.24, 2.45) is 0 Å². The maximum absolute atomic E-state index is 12.8. The van der Waals surface area contributed by atoms with Gasteiger partial charge < -0.3 is 5.32 Å². The summed E-state index contributed by atoms with van der Waals surface area (Å²) in [5, 5.41) is 24.6. The number of alkyl halides is 3. The Bertz CT molecular complexity index is 774. The zero-order chi connectivity index (χ0) is 18.1. The van der Waals surface area contributed by atoms with E-state index in [0.29, 0.717) is 0 Å². The van der Waals surface area contributed by atoms with Crippen molar-refractivity contribution in [2.45, 2.75) is 6.18 Å². The summed E-state index contributed by atoms with van der Waals surface area (Å²) in [7, 11) is 0. The largest absolute Gasteiger partial charge is 0.416 e. The quantitative estimate of drug-likeness (QED) is 0.405. The summed E-state index contributed by atoms with van der Waals surface area (Å²) >= 11 is 2.01. The number of nitro groups is 2. The normalized spacial score (nSPS) is 11.2. The Morgan fingerprint density at radius 1 is 0.958 bits per heavy atom. The average molecular weight is 453 g/mol. The standard InChI is InChI=1S/C13H7F3IN3O4/c14-13(15,16)7-5-10(19(21)22)12(11(6-7)20(23)24)18-9-3-1-8(17)2-4-9/h1-6,18H. The fraction of sp³-hybridized carbons (Fsp3) is 0.0769. The number of nitrogens with zero attached hydrogens (tertiary/aromatic N) is 2. The van der Waals surface area contributed by atoms with Gasteiger partial charge in [0.05, 0.1) is 15.4 Å². The van der Waals surface area contributed by atoms with E-state index in [4.69, 9.17) is 0 Å². The molecule has 0 saturated carbocycles. The Labute approximate surface area is 145 Å². The summed E-state index contributed by atoms with van der Waals surface area (Å²) in [6.07, 6.45) is -4.95. The van der Waals surface area contributed by atoms with E-state index in [0.717, 1.165) is 3.57 Å². The van der Waals surface area contributed by atoms with Crippen LogP contribution in [0.5, 0.6) is 0 Å². The Hall–Kier alpha value is -2.44. The van der Waals surface area contributed by atoms with Crippen LogP contribution in [0.15, 0.2) is 36.4 Å². The molecular weight excluding hydrogens is 446 g/mol. The molecule has 0 aliphatic carbocycles. The van der Waals surface area contributed by atoms with Gasteiger partial charge in [-0.3, -0.25) is 20.2 Å². The van der Waals surface area contributed by atoms with Crippen LogP contribution in [0.3, 0.4) is 0 Å². The number of benzene rings is 2. The van der Waals surface area contributed by atoms with E-state index in [1.54, 1.807) is 12.1 Å². The highest BCUT2D eigenvalue weighted by molar-refractivity contribution is 14.1. The van der Waals surface area contributed by atoms with Gasteiger partial charge >= 0.3 is 6.18 Å². The molecule has 0 unspecified atom stereocenters. The molecule has 0 atom stereocenters. The second-order valence-corrected chi connectivity index (χ2v) is 5.78. The monoisotopic (exact) mass is 453 g/mol. The Kier molecular flexibility index (Phi) is 4.91. The molecule has 11 heteroatoms. The second kappa shape index (κ2) is 6.59. The fourth-order valence-corrected chi connectivity index (χ4v) is 2.23. The molecule has 2 aromatic rings. The van der Waals surface area contributed by atoms with Crippen molar-refractivity contribution in [2.75, 3.05) is 5.32 Å². The lowest BCUT2D eigenvalue weighted by molar-refractivity contribution is -0.392. The summed E-state index contributed by atoms with van der Waals surface area (Å²) in [4.78, 5) is 20.0. The molecule has 0 aliphatic heterocycles. The maximum Gasteiger partial charge on any atom is 0.416 e. The highest BCUT2D eigenvalue weighted by Gasteiger charge is 2.37.